The maximum absolute atomic E-state index is 13.3. The minimum absolute atomic E-state index is 0.117. The first kappa shape index (κ1) is 26.6. The van der Waals surface area contributed by atoms with Gasteiger partial charge in [0.2, 0.25) is 5.91 Å². The van der Waals surface area contributed by atoms with Gasteiger partial charge in [0.1, 0.15) is 11.4 Å². The number of carbonyl (C=O) groups excluding carboxylic acids is 2. The van der Waals surface area contributed by atoms with E-state index in [4.69, 9.17) is 0 Å². The molecule has 0 N–H and O–H groups in total. The van der Waals surface area contributed by atoms with Crippen LogP contribution in [0.5, 0.6) is 0 Å². The number of amides is 2. The van der Waals surface area contributed by atoms with E-state index in [0.717, 1.165) is 23.5 Å². The van der Waals surface area contributed by atoms with E-state index in [1.54, 1.807) is 16.7 Å². The van der Waals surface area contributed by atoms with Crippen LogP contribution in [-0.4, -0.2) is 70.4 Å². The summed E-state index contributed by atoms with van der Waals surface area (Å²) < 4.78 is 39.8. The molecule has 2 aromatic heterocycles. The van der Waals surface area contributed by atoms with Gasteiger partial charge in [0.25, 0.3) is 11.5 Å². The number of aryl methyl sites for hydroxylation is 1. The highest BCUT2D eigenvalue weighted by molar-refractivity contribution is 7.20. The highest BCUT2D eigenvalue weighted by Crippen LogP contribution is 2.31. The number of benzene rings is 1. The van der Waals surface area contributed by atoms with Gasteiger partial charge in [0, 0.05) is 45.0 Å². The molecule has 1 aromatic carbocycles. The van der Waals surface area contributed by atoms with Crippen LogP contribution in [0.3, 0.4) is 0 Å². The topological polar surface area (TPSA) is 78.8 Å². The molecule has 0 saturated carbocycles. The van der Waals surface area contributed by atoms with Crippen LogP contribution in [0.1, 0.15) is 34.6 Å². The lowest BCUT2D eigenvalue weighted by Crippen LogP contribution is -2.48. The minimum atomic E-state index is -4.38. The Hall–Kier alpha value is -3.41. The van der Waals surface area contributed by atoms with E-state index >= 15 is 0 Å². The zero-order chi connectivity index (χ0) is 26.9. The van der Waals surface area contributed by atoms with Crippen molar-refractivity contribution < 1.29 is 22.8 Å². The molecule has 0 spiro atoms. The number of hydrogen-bond donors (Lipinski definition) is 0. The standard InChI is InChI=1S/C25H28F3N5O3S/c1-4-30(5-2)19(34)14-33-15-29-22-20(23(33)35)16(3)21(37-22)24(36)32-12-10-31(11-13-32)18-8-6-17(7-9-18)25(26,27)28/h6-9,15H,4-5,10-14H2,1-3H3. The van der Waals surface area contributed by atoms with Crippen molar-refractivity contribution in [3.05, 3.63) is 57.0 Å². The zero-order valence-electron chi connectivity index (χ0n) is 20.8. The lowest BCUT2D eigenvalue weighted by Gasteiger charge is -2.36. The van der Waals surface area contributed by atoms with Gasteiger partial charge in [0.05, 0.1) is 22.2 Å². The third-order valence-electron chi connectivity index (χ3n) is 6.66. The lowest BCUT2D eigenvalue weighted by molar-refractivity contribution is -0.137. The van der Waals surface area contributed by atoms with E-state index in [1.807, 2.05) is 18.7 Å². The predicted octanol–water partition coefficient (Wildman–Crippen LogP) is 3.62. The monoisotopic (exact) mass is 535 g/mol. The van der Waals surface area contributed by atoms with Crippen molar-refractivity contribution in [3.63, 3.8) is 0 Å². The van der Waals surface area contributed by atoms with Crippen LogP contribution in [0.2, 0.25) is 0 Å². The summed E-state index contributed by atoms with van der Waals surface area (Å²) in [5.41, 5.74) is 0.153. The third-order valence-corrected chi connectivity index (χ3v) is 7.85. The molecule has 4 rings (SSSR count). The number of alkyl halides is 3. The van der Waals surface area contributed by atoms with Crippen molar-refractivity contribution in [1.82, 2.24) is 19.4 Å². The summed E-state index contributed by atoms with van der Waals surface area (Å²) in [6, 6.07) is 5.00. The molecule has 8 nitrogen and oxygen atoms in total. The molecular weight excluding hydrogens is 507 g/mol. The second kappa shape index (κ2) is 10.5. The Morgan fingerprint density at radius 1 is 1.05 bits per heavy atom. The second-order valence-electron chi connectivity index (χ2n) is 8.80. The van der Waals surface area contributed by atoms with Gasteiger partial charge in [-0.2, -0.15) is 13.2 Å². The Bertz CT molecular complexity index is 1350. The average Bonchev–Trinajstić information content (AvgIpc) is 3.22. The number of piperazine rings is 1. The van der Waals surface area contributed by atoms with E-state index in [-0.39, 0.29) is 23.9 Å². The summed E-state index contributed by atoms with van der Waals surface area (Å²) >= 11 is 1.15. The summed E-state index contributed by atoms with van der Waals surface area (Å²) in [6.45, 7) is 8.15. The van der Waals surface area contributed by atoms with Crippen LogP contribution < -0.4 is 10.5 Å². The van der Waals surface area contributed by atoms with Gasteiger partial charge in [-0.1, -0.05) is 0 Å². The highest BCUT2D eigenvalue weighted by atomic mass is 32.1. The number of nitrogens with zero attached hydrogens (tertiary/aromatic N) is 5. The fourth-order valence-corrected chi connectivity index (χ4v) is 5.58. The van der Waals surface area contributed by atoms with Crippen LogP contribution in [0.25, 0.3) is 10.2 Å². The molecule has 3 heterocycles. The van der Waals surface area contributed by atoms with E-state index < -0.39 is 11.7 Å². The Labute approximate surface area is 215 Å². The first-order valence-electron chi connectivity index (χ1n) is 12.0. The van der Waals surface area contributed by atoms with Crippen LogP contribution >= 0.6 is 11.3 Å². The fourth-order valence-electron chi connectivity index (χ4n) is 4.47. The third kappa shape index (κ3) is 5.34. The SMILES string of the molecule is CCN(CC)C(=O)Cn1cnc2sc(C(=O)N3CCN(c4ccc(C(F)(F)F)cc4)CC3)c(C)c2c1=O. The number of thiophene rings is 1. The number of anilines is 1. The maximum atomic E-state index is 13.3. The molecule has 0 unspecified atom stereocenters. The zero-order valence-corrected chi connectivity index (χ0v) is 21.7. The molecule has 0 aliphatic carbocycles. The first-order chi connectivity index (χ1) is 17.5. The van der Waals surface area contributed by atoms with E-state index in [2.05, 4.69) is 4.98 Å². The average molecular weight is 536 g/mol. The van der Waals surface area contributed by atoms with Gasteiger partial charge in [0.15, 0.2) is 0 Å². The molecule has 1 fully saturated rings. The Kier molecular flexibility index (Phi) is 7.58. The minimum Gasteiger partial charge on any atom is -0.368 e. The summed E-state index contributed by atoms with van der Waals surface area (Å²) in [6.07, 6.45) is -3.04. The summed E-state index contributed by atoms with van der Waals surface area (Å²) in [5.74, 6) is -0.388. The predicted molar refractivity (Wildman–Crippen MR) is 136 cm³/mol. The molecule has 12 heteroatoms. The van der Waals surface area contributed by atoms with Gasteiger partial charge in [-0.15, -0.1) is 11.3 Å². The summed E-state index contributed by atoms with van der Waals surface area (Å²) in [5, 5.41) is 0.339. The normalized spacial score (nSPS) is 14.3. The fraction of sp³-hybridized carbons (Fsp3) is 0.440. The van der Waals surface area contributed by atoms with Crippen molar-refractivity contribution in [2.75, 3.05) is 44.2 Å². The molecule has 2 amide bonds. The first-order valence-corrected chi connectivity index (χ1v) is 12.8. The lowest BCUT2D eigenvalue weighted by atomic mass is 10.1. The number of fused-ring (bicyclic) bond motifs is 1. The van der Waals surface area contributed by atoms with Crippen molar-refractivity contribution >= 4 is 39.1 Å². The molecule has 3 aromatic rings. The second-order valence-corrected chi connectivity index (χ2v) is 9.80. The van der Waals surface area contributed by atoms with Crippen molar-refractivity contribution in [2.45, 2.75) is 33.5 Å². The van der Waals surface area contributed by atoms with Crippen LogP contribution in [-0.2, 0) is 17.5 Å². The van der Waals surface area contributed by atoms with Gasteiger partial charge in [-0.05, 0) is 50.6 Å². The largest absolute Gasteiger partial charge is 0.416 e. The molecule has 1 saturated heterocycles. The number of likely N-dealkylation sites (N-methyl/N-ethyl adjacent to an activating group) is 1. The van der Waals surface area contributed by atoms with Crippen LogP contribution in [0.4, 0.5) is 18.9 Å². The van der Waals surface area contributed by atoms with Gasteiger partial charge >= 0.3 is 6.18 Å². The van der Waals surface area contributed by atoms with E-state index in [9.17, 15) is 27.6 Å². The summed E-state index contributed by atoms with van der Waals surface area (Å²) in [7, 11) is 0. The molecule has 0 bridgehead atoms. The number of aromatic nitrogens is 2. The number of carbonyl (C=O) groups is 2. The number of rotatable bonds is 6. The summed E-state index contributed by atoms with van der Waals surface area (Å²) in [4.78, 5) is 49.4. The molecule has 1 aliphatic rings. The molecule has 1 aliphatic heterocycles. The van der Waals surface area contributed by atoms with Gasteiger partial charge in [-0.25, -0.2) is 4.98 Å². The maximum Gasteiger partial charge on any atom is 0.416 e. The van der Waals surface area contributed by atoms with Crippen LogP contribution in [0.15, 0.2) is 35.4 Å². The number of hydrogen-bond acceptors (Lipinski definition) is 6. The molecule has 0 atom stereocenters. The van der Waals surface area contributed by atoms with Gasteiger partial charge in [-0.3, -0.25) is 19.0 Å². The molecular formula is C25H28F3N5O3S. The van der Waals surface area contributed by atoms with Crippen molar-refractivity contribution in [2.24, 2.45) is 0 Å². The molecule has 37 heavy (non-hydrogen) atoms. The molecule has 198 valence electrons. The quantitative estimate of drug-likeness (QED) is 0.482. The highest BCUT2D eigenvalue weighted by Gasteiger charge is 2.31. The molecule has 0 radical (unpaired) electrons. The van der Waals surface area contributed by atoms with E-state index in [1.165, 1.54) is 23.0 Å². The van der Waals surface area contributed by atoms with Gasteiger partial charge < -0.3 is 14.7 Å². The van der Waals surface area contributed by atoms with Crippen LogP contribution in [0, 0.1) is 6.92 Å². The number of halogens is 3. The smallest absolute Gasteiger partial charge is 0.368 e. The Morgan fingerprint density at radius 3 is 2.24 bits per heavy atom. The Balaban J connectivity index is 1.48. The van der Waals surface area contributed by atoms with E-state index in [0.29, 0.717) is 65.6 Å². The van der Waals surface area contributed by atoms with Crippen molar-refractivity contribution in [3.8, 4) is 0 Å². The Morgan fingerprint density at radius 2 is 1.68 bits per heavy atom. The van der Waals surface area contributed by atoms with Crippen molar-refractivity contribution in [1.29, 1.82) is 0 Å².